The summed E-state index contributed by atoms with van der Waals surface area (Å²) >= 11 is 0. The van der Waals surface area contributed by atoms with Gasteiger partial charge in [0.15, 0.2) is 5.78 Å². The number of halogens is 1. The largest absolute Gasteiger partial charge is 0.494 e. The summed E-state index contributed by atoms with van der Waals surface area (Å²) in [5, 5.41) is 0. The third-order valence-electron chi connectivity index (χ3n) is 2.98. The Morgan fingerprint density at radius 2 is 2.10 bits per heavy atom. The molecule has 2 N–H and O–H groups in total. The van der Waals surface area contributed by atoms with Crippen LogP contribution >= 0.6 is 0 Å². The van der Waals surface area contributed by atoms with Crippen molar-refractivity contribution in [2.75, 3.05) is 13.7 Å². The first-order chi connectivity index (χ1) is 9.56. The maximum Gasteiger partial charge on any atom is 0.194 e. The number of Topliss-reactive ketones (excluding diaryl/α,β-unsaturated/α-hetero) is 1. The average Bonchev–Trinajstić information content (AvgIpc) is 2.48. The normalized spacial score (nSPS) is 10.4. The highest BCUT2D eigenvalue weighted by molar-refractivity contribution is 5.96. The maximum atomic E-state index is 13.3. The maximum absolute atomic E-state index is 13.3. The zero-order chi connectivity index (χ0) is 14.7. The summed E-state index contributed by atoms with van der Waals surface area (Å²) < 4.78 is 18.6. The predicted molar refractivity (Wildman–Crippen MR) is 74.3 cm³/mol. The van der Waals surface area contributed by atoms with Gasteiger partial charge in [0.1, 0.15) is 23.0 Å². The van der Waals surface area contributed by atoms with Crippen molar-refractivity contribution in [3.05, 3.63) is 47.4 Å². The van der Waals surface area contributed by atoms with E-state index >= 15 is 0 Å². The van der Waals surface area contributed by atoms with Gasteiger partial charge in [-0.05, 0) is 42.8 Å². The van der Waals surface area contributed by atoms with Crippen LogP contribution < -0.4 is 10.5 Å². The summed E-state index contributed by atoms with van der Waals surface area (Å²) in [5.41, 5.74) is 7.29. The number of ether oxygens (including phenoxy) is 1. The Morgan fingerprint density at radius 1 is 1.35 bits per heavy atom. The Bertz CT molecular complexity index is 656. The molecule has 0 bridgehead atoms. The van der Waals surface area contributed by atoms with Gasteiger partial charge in [-0.25, -0.2) is 9.37 Å². The number of carbonyl (C=O) groups excluding carboxylic acids is 1. The molecule has 2 aromatic rings. The molecule has 20 heavy (non-hydrogen) atoms. The van der Waals surface area contributed by atoms with Crippen molar-refractivity contribution in [2.45, 2.75) is 6.92 Å². The Kier molecular flexibility index (Phi) is 4.10. The molecule has 0 radical (unpaired) electrons. The smallest absolute Gasteiger partial charge is 0.194 e. The van der Waals surface area contributed by atoms with Gasteiger partial charge >= 0.3 is 0 Å². The molecule has 1 aromatic heterocycles. The minimum atomic E-state index is -0.290. The topological polar surface area (TPSA) is 65.2 Å². The SMILES string of the molecule is COc1ccc(C(=O)CN)nc1-c1ccc(F)c(C)c1. The molecule has 0 aliphatic rings. The van der Waals surface area contributed by atoms with E-state index in [1.165, 1.54) is 13.2 Å². The number of hydrogen-bond donors (Lipinski definition) is 1. The van der Waals surface area contributed by atoms with Crippen molar-refractivity contribution >= 4 is 5.78 Å². The lowest BCUT2D eigenvalue weighted by Gasteiger charge is -2.10. The van der Waals surface area contributed by atoms with Crippen molar-refractivity contribution in [3.63, 3.8) is 0 Å². The third kappa shape index (κ3) is 2.67. The van der Waals surface area contributed by atoms with E-state index in [1.807, 2.05) is 0 Å². The second-order valence-electron chi connectivity index (χ2n) is 4.34. The number of methoxy groups -OCH3 is 1. The molecule has 0 aliphatic heterocycles. The van der Waals surface area contributed by atoms with E-state index in [0.29, 0.717) is 22.6 Å². The first kappa shape index (κ1) is 14.1. The van der Waals surface area contributed by atoms with Gasteiger partial charge in [-0.2, -0.15) is 0 Å². The van der Waals surface area contributed by atoms with Crippen LogP contribution in [-0.2, 0) is 0 Å². The molecule has 1 heterocycles. The number of aryl methyl sites for hydroxylation is 1. The first-order valence-electron chi connectivity index (χ1n) is 6.11. The molecule has 104 valence electrons. The highest BCUT2D eigenvalue weighted by Crippen LogP contribution is 2.29. The standard InChI is InChI=1S/C15H15FN2O2/c1-9-7-10(3-4-11(9)16)15-14(20-2)6-5-12(18-15)13(19)8-17/h3-7H,8,17H2,1-2H3. The summed E-state index contributed by atoms with van der Waals surface area (Å²) in [4.78, 5) is 15.9. The lowest BCUT2D eigenvalue weighted by atomic mass is 10.1. The Hall–Kier alpha value is -2.27. The fraction of sp³-hybridized carbons (Fsp3) is 0.200. The lowest BCUT2D eigenvalue weighted by molar-refractivity contribution is 0.0996. The van der Waals surface area contributed by atoms with Crippen LogP contribution in [0.15, 0.2) is 30.3 Å². The molecular formula is C15H15FN2O2. The second kappa shape index (κ2) is 5.79. The zero-order valence-electron chi connectivity index (χ0n) is 11.3. The molecule has 2 rings (SSSR count). The Labute approximate surface area is 116 Å². The van der Waals surface area contributed by atoms with E-state index in [9.17, 15) is 9.18 Å². The molecule has 0 atom stereocenters. The number of carbonyl (C=O) groups is 1. The van der Waals surface area contributed by atoms with E-state index in [0.717, 1.165) is 0 Å². The number of rotatable bonds is 4. The average molecular weight is 274 g/mol. The van der Waals surface area contributed by atoms with Gasteiger partial charge < -0.3 is 10.5 Å². The molecule has 0 spiro atoms. The van der Waals surface area contributed by atoms with Gasteiger partial charge in [-0.15, -0.1) is 0 Å². The van der Waals surface area contributed by atoms with E-state index in [1.54, 1.807) is 31.2 Å². The number of nitrogens with zero attached hydrogens (tertiary/aromatic N) is 1. The summed E-state index contributed by atoms with van der Waals surface area (Å²) in [6.45, 7) is 1.56. The van der Waals surface area contributed by atoms with Gasteiger partial charge in [0.25, 0.3) is 0 Å². The van der Waals surface area contributed by atoms with Crippen molar-refractivity contribution in [1.82, 2.24) is 4.98 Å². The molecule has 5 heteroatoms. The summed E-state index contributed by atoms with van der Waals surface area (Å²) in [5.74, 6) is -0.0285. The predicted octanol–water partition coefficient (Wildman–Crippen LogP) is 2.35. The Balaban J connectivity index is 2.57. The highest BCUT2D eigenvalue weighted by atomic mass is 19.1. The van der Waals surface area contributed by atoms with Gasteiger partial charge in [0.05, 0.1) is 13.7 Å². The van der Waals surface area contributed by atoms with E-state index < -0.39 is 0 Å². The molecule has 0 saturated carbocycles. The number of pyridine rings is 1. The van der Waals surface area contributed by atoms with Crippen LogP contribution in [0.4, 0.5) is 4.39 Å². The minimum Gasteiger partial charge on any atom is -0.494 e. The first-order valence-corrected chi connectivity index (χ1v) is 6.11. The summed E-state index contributed by atoms with van der Waals surface area (Å²) in [7, 11) is 1.52. The fourth-order valence-corrected chi connectivity index (χ4v) is 1.87. The molecule has 0 aliphatic carbocycles. The summed E-state index contributed by atoms with van der Waals surface area (Å²) in [6.07, 6.45) is 0. The van der Waals surface area contributed by atoms with Crippen LogP contribution in [0.1, 0.15) is 16.1 Å². The molecule has 0 saturated heterocycles. The zero-order valence-corrected chi connectivity index (χ0v) is 11.3. The van der Waals surface area contributed by atoms with Crippen LogP contribution in [0, 0.1) is 12.7 Å². The van der Waals surface area contributed by atoms with E-state index in [-0.39, 0.29) is 23.8 Å². The van der Waals surface area contributed by atoms with E-state index in [2.05, 4.69) is 4.98 Å². The molecule has 0 amide bonds. The molecule has 0 fully saturated rings. The van der Waals surface area contributed by atoms with Crippen LogP contribution in [0.3, 0.4) is 0 Å². The fourth-order valence-electron chi connectivity index (χ4n) is 1.87. The Morgan fingerprint density at radius 3 is 2.70 bits per heavy atom. The van der Waals surface area contributed by atoms with Crippen molar-refractivity contribution in [3.8, 4) is 17.0 Å². The van der Waals surface area contributed by atoms with Gasteiger partial charge in [0.2, 0.25) is 0 Å². The molecule has 0 unspecified atom stereocenters. The molecule has 4 nitrogen and oxygen atoms in total. The number of aromatic nitrogens is 1. The lowest BCUT2D eigenvalue weighted by Crippen LogP contribution is -2.15. The molecular weight excluding hydrogens is 259 g/mol. The van der Waals surface area contributed by atoms with Crippen LogP contribution in [0.5, 0.6) is 5.75 Å². The second-order valence-corrected chi connectivity index (χ2v) is 4.34. The van der Waals surface area contributed by atoms with E-state index in [4.69, 9.17) is 10.5 Å². The van der Waals surface area contributed by atoms with Gasteiger partial charge in [0, 0.05) is 5.56 Å². The van der Waals surface area contributed by atoms with Crippen LogP contribution in [0.25, 0.3) is 11.3 Å². The third-order valence-corrected chi connectivity index (χ3v) is 2.98. The van der Waals surface area contributed by atoms with Crippen molar-refractivity contribution in [1.29, 1.82) is 0 Å². The summed E-state index contributed by atoms with van der Waals surface area (Å²) in [6, 6.07) is 7.85. The van der Waals surface area contributed by atoms with Crippen molar-refractivity contribution < 1.29 is 13.9 Å². The molecule has 1 aromatic carbocycles. The number of nitrogens with two attached hydrogens (primary N) is 1. The van der Waals surface area contributed by atoms with Gasteiger partial charge in [-0.1, -0.05) is 0 Å². The van der Waals surface area contributed by atoms with Gasteiger partial charge in [-0.3, -0.25) is 4.79 Å². The number of benzene rings is 1. The highest BCUT2D eigenvalue weighted by Gasteiger charge is 2.13. The monoisotopic (exact) mass is 274 g/mol. The quantitative estimate of drug-likeness (QED) is 0.869. The van der Waals surface area contributed by atoms with Crippen molar-refractivity contribution in [2.24, 2.45) is 5.73 Å². The minimum absolute atomic E-state index is 0.110. The van der Waals surface area contributed by atoms with Crippen LogP contribution in [0.2, 0.25) is 0 Å². The number of ketones is 1. The number of hydrogen-bond acceptors (Lipinski definition) is 4. The van der Waals surface area contributed by atoms with Crippen LogP contribution in [-0.4, -0.2) is 24.4 Å².